The standard InChI is InChI=1S/C16H13BrN4/c17-14-8-15(21-16(20-14)10-4-5-10)19-13-3-1-2-11-9-18-7-6-12(11)13/h1-3,6-10H,4-5H2,(H,19,20,21). The Bertz CT molecular complexity index is 809. The van der Waals surface area contributed by atoms with Gasteiger partial charge in [0.1, 0.15) is 16.2 Å². The van der Waals surface area contributed by atoms with Gasteiger partial charge in [0.15, 0.2) is 0 Å². The second-order valence-electron chi connectivity index (χ2n) is 5.24. The molecular formula is C16H13BrN4. The van der Waals surface area contributed by atoms with Crippen LogP contribution < -0.4 is 5.32 Å². The number of nitrogens with one attached hydrogen (secondary N) is 1. The number of fused-ring (bicyclic) bond motifs is 1. The van der Waals surface area contributed by atoms with E-state index in [0.717, 1.165) is 32.7 Å². The quantitative estimate of drug-likeness (QED) is 0.717. The van der Waals surface area contributed by atoms with Gasteiger partial charge in [-0.15, -0.1) is 0 Å². The normalized spacial score (nSPS) is 14.3. The second-order valence-corrected chi connectivity index (χ2v) is 6.05. The van der Waals surface area contributed by atoms with Crippen LogP contribution in [-0.4, -0.2) is 15.0 Å². The zero-order valence-electron chi connectivity index (χ0n) is 11.3. The van der Waals surface area contributed by atoms with E-state index >= 15 is 0 Å². The molecule has 1 aromatic carbocycles. The van der Waals surface area contributed by atoms with E-state index in [9.17, 15) is 0 Å². The number of anilines is 2. The number of hydrogen-bond acceptors (Lipinski definition) is 4. The van der Waals surface area contributed by atoms with Crippen LogP contribution in [0, 0.1) is 0 Å². The van der Waals surface area contributed by atoms with Crippen LogP contribution in [0.25, 0.3) is 10.8 Å². The molecule has 0 bridgehead atoms. The Kier molecular flexibility index (Phi) is 3.07. The Labute approximate surface area is 130 Å². The second kappa shape index (κ2) is 5.07. The van der Waals surface area contributed by atoms with Crippen molar-refractivity contribution < 1.29 is 0 Å². The average molecular weight is 341 g/mol. The van der Waals surface area contributed by atoms with Gasteiger partial charge < -0.3 is 5.32 Å². The molecule has 4 nitrogen and oxygen atoms in total. The topological polar surface area (TPSA) is 50.7 Å². The van der Waals surface area contributed by atoms with Crippen LogP contribution in [0.1, 0.15) is 24.6 Å². The molecule has 1 saturated carbocycles. The molecule has 2 aromatic heterocycles. The van der Waals surface area contributed by atoms with Crippen molar-refractivity contribution in [2.24, 2.45) is 0 Å². The van der Waals surface area contributed by atoms with Crippen LogP contribution in [0.3, 0.4) is 0 Å². The number of benzene rings is 1. The number of pyridine rings is 1. The molecule has 104 valence electrons. The van der Waals surface area contributed by atoms with E-state index in [-0.39, 0.29) is 0 Å². The summed E-state index contributed by atoms with van der Waals surface area (Å²) in [6, 6.07) is 10.0. The fourth-order valence-corrected chi connectivity index (χ4v) is 2.79. The van der Waals surface area contributed by atoms with Crippen molar-refractivity contribution in [2.45, 2.75) is 18.8 Å². The first kappa shape index (κ1) is 12.7. The highest BCUT2D eigenvalue weighted by atomic mass is 79.9. The van der Waals surface area contributed by atoms with Crippen molar-refractivity contribution in [2.75, 3.05) is 5.32 Å². The van der Waals surface area contributed by atoms with Gasteiger partial charge in [-0.3, -0.25) is 4.98 Å². The largest absolute Gasteiger partial charge is 0.340 e. The van der Waals surface area contributed by atoms with Gasteiger partial charge >= 0.3 is 0 Å². The summed E-state index contributed by atoms with van der Waals surface area (Å²) in [7, 11) is 0. The highest BCUT2D eigenvalue weighted by molar-refractivity contribution is 9.10. The van der Waals surface area contributed by atoms with Gasteiger partial charge in [0.05, 0.1) is 0 Å². The smallest absolute Gasteiger partial charge is 0.135 e. The maximum absolute atomic E-state index is 4.63. The highest BCUT2D eigenvalue weighted by Crippen LogP contribution is 2.39. The van der Waals surface area contributed by atoms with E-state index in [1.807, 2.05) is 24.4 Å². The SMILES string of the molecule is Brc1cc(Nc2cccc3cnccc23)nc(C2CC2)n1. The van der Waals surface area contributed by atoms with Crippen molar-refractivity contribution in [3.8, 4) is 0 Å². The summed E-state index contributed by atoms with van der Waals surface area (Å²) in [5, 5.41) is 5.65. The summed E-state index contributed by atoms with van der Waals surface area (Å²) in [6.45, 7) is 0. The van der Waals surface area contributed by atoms with Gasteiger partial charge in [0, 0.05) is 40.8 Å². The van der Waals surface area contributed by atoms with Gasteiger partial charge in [-0.25, -0.2) is 9.97 Å². The highest BCUT2D eigenvalue weighted by Gasteiger charge is 2.27. The Morgan fingerprint density at radius 3 is 2.90 bits per heavy atom. The summed E-state index contributed by atoms with van der Waals surface area (Å²) in [5.41, 5.74) is 1.03. The lowest BCUT2D eigenvalue weighted by atomic mass is 10.1. The van der Waals surface area contributed by atoms with Crippen LogP contribution >= 0.6 is 15.9 Å². The predicted molar refractivity (Wildman–Crippen MR) is 86.7 cm³/mol. The first-order chi connectivity index (χ1) is 10.3. The molecule has 5 heteroatoms. The molecule has 2 heterocycles. The summed E-state index contributed by atoms with van der Waals surface area (Å²) >= 11 is 3.47. The molecule has 0 amide bonds. The molecule has 21 heavy (non-hydrogen) atoms. The fraction of sp³-hybridized carbons (Fsp3) is 0.188. The Balaban J connectivity index is 1.74. The maximum Gasteiger partial charge on any atom is 0.135 e. The Hall–Kier alpha value is -2.01. The van der Waals surface area contributed by atoms with Gasteiger partial charge in [-0.2, -0.15) is 0 Å². The number of nitrogens with zero attached hydrogens (tertiary/aromatic N) is 3. The molecule has 3 aromatic rings. The first-order valence-electron chi connectivity index (χ1n) is 6.94. The van der Waals surface area contributed by atoms with Gasteiger partial charge in [0.2, 0.25) is 0 Å². The van der Waals surface area contributed by atoms with Crippen LogP contribution in [-0.2, 0) is 0 Å². The molecule has 0 spiro atoms. The minimum absolute atomic E-state index is 0.528. The van der Waals surface area contributed by atoms with Crippen LogP contribution in [0.15, 0.2) is 47.3 Å². The minimum Gasteiger partial charge on any atom is -0.340 e. The predicted octanol–water partition coefficient (Wildman–Crippen LogP) is 4.41. The first-order valence-corrected chi connectivity index (χ1v) is 7.73. The van der Waals surface area contributed by atoms with Crippen molar-refractivity contribution >= 4 is 38.2 Å². The molecule has 0 aliphatic heterocycles. The van der Waals surface area contributed by atoms with Gasteiger partial charge in [-0.1, -0.05) is 12.1 Å². The van der Waals surface area contributed by atoms with Crippen molar-refractivity contribution in [3.05, 3.63) is 53.2 Å². The molecule has 1 N–H and O–H groups in total. The molecule has 4 rings (SSSR count). The molecule has 1 fully saturated rings. The van der Waals surface area contributed by atoms with E-state index < -0.39 is 0 Å². The van der Waals surface area contributed by atoms with E-state index in [1.54, 1.807) is 6.20 Å². The zero-order valence-corrected chi connectivity index (χ0v) is 12.8. The zero-order chi connectivity index (χ0) is 14.2. The van der Waals surface area contributed by atoms with Crippen LogP contribution in [0.2, 0.25) is 0 Å². The summed E-state index contributed by atoms with van der Waals surface area (Å²) in [5.74, 6) is 2.27. The van der Waals surface area contributed by atoms with E-state index in [2.05, 4.69) is 48.3 Å². The lowest BCUT2D eigenvalue weighted by Gasteiger charge is -2.10. The number of halogens is 1. The lowest BCUT2D eigenvalue weighted by molar-refractivity contribution is 0.919. The third kappa shape index (κ3) is 2.61. The van der Waals surface area contributed by atoms with Gasteiger partial charge in [0.25, 0.3) is 0 Å². The van der Waals surface area contributed by atoms with E-state index in [0.29, 0.717) is 5.92 Å². The van der Waals surface area contributed by atoms with E-state index in [1.165, 1.54) is 12.8 Å². The molecule has 0 unspecified atom stereocenters. The molecule has 1 aliphatic carbocycles. The lowest BCUT2D eigenvalue weighted by Crippen LogP contribution is -2.00. The van der Waals surface area contributed by atoms with Gasteiger partial charge in [-0.05, 0) is 40.9 Å². The minimum atomic E-state index is 0.528. The number of aromatic nitrogens is 3. The Morgan fingerprint density at radius 1 is 1.14 bits per heavy atom. The average Bonchev–Trinajstić information content (AvgIpc) is 3.32. The molecule has 0 atom stereocenters. The van der Waals surface area contributed by atoms with E-state index in [4.69, 9.17) is 0 Å². The summed E-state index contributed by atoms with van der Waals surface area (Å²) in [6.07, 6.45) is 6.05. The van der Waals surface area contributed by atoms with Crippen LogP contribution in [0.4, 0.5) is 11.5 Å². The third-order valence-electron chi connectivity index (χ3n) is 3.60. The monoisotopic (exact) mass is 340 g/mol. The molecule has 0 radical (unpaired) electrons. The fourth-order valence-electron chi connectivity index (χ4n) is 2.39. The maximum atomic E-state index is 4.63. The Morgan fingerprint density at radius 2 is 2.05 bits per heavy atom. The molecule has 1 aliphatic rings. The van der Waals surface area contributed by atoms with Crippen molar-refractivity contribution in [1.82, 2.24) is 15.0 Å². The van der Waals surface area contributed by atoms with Crippen LogP contribution in [0.5, 0.6) is 0 Å². The summed E-state index contributed by atoms with van der Waals surface area (Å²) < 4.78 is 0.823. The van der Waals surface area contributed by atoms with Crippen molar-refractivity contribution in [3.63, 3.8) is 0 Å². The summed E-state index contributed by atoms with van der Waals surface area (Å²) in [4.78, 5) is 13.2. The molecule has 0 saturated heterocycles. The number of hydrogen-bond donors (Lipinski definition) is 1. The molecular weight excluding hydrogens is 328 g/mol. The third-order valence-corrected chi connectivity index (χ3v) is 4.00. The van der Waals surface area contributed by atoms with Crippen molar-refractivity contribution in [1.29, 1.82) is 0 Å². The number of rotatable bonds is 3.